The maximum atomic E-state index is 12.8. The van der Waals surface area contributed by atoms with Crippen molar-refractivity contribution >= 4 is 34.2 Å². The average molecular weight is 446 g/mol. The second kappa shape index (κ2) is 8.67. The summed E-state index contributed by atoms with van der Waals surface area (Å²) in [5.74, 6) is 1.89. The van der Waals surface area contributed by atoms with Crippen LogP contribution in [0.4, 0.5) is 5.69 Å². The molecule has 162 valence electrons. The Morgan fingerprint density at radius 2 is 1.78 bits per heavy atom. The number of carbonyl (C=O) groups is 1. The monoisotopic (exact) mass is 445 g/mol. The fraction of sp³-hybridized carbons (Fsp3) is 0.231. The van der Waals surface area contributed by atoms with Crippen LogP contribution in [0.25, 0.3) is 11.0 Å². The third-order valence-corrected chi connectivity index (χ3v) is 6.17. The minimum atomic E-state index is 0.0340. The van der Waals surface area contributed by atoms with Crippen LogP contribution >= 0.6 is 11.6 Å². The lowest BCUT2D eigenvalue weighted by Crippen LogP contribution is -2.24. The molecule has 0 radical (unpaired) electrons. The lowest BCUT2D eigenvalue weighted by molar-refractivity contribution is -0.117. The van der Waals surface area contributed by atoms with Gasteiger partial charge in [0.05, 0.1) is 17.6 Å². The summed E-state index contributed by atoms with van der Waals surface area (Å²) in [5, 5.41) is 0.685. The van der Waals surface area contributed by atoms with E-state index in [4.69, 9.17) is 21.3 Å². The van der Waals surface area contributed by atoms with Gasteiger partial charge in [-0.15, -0.1) is 0 Å². The van der Waals surface area contributed by atoms with Gasteiger partial charge >= 0.3 is 0 Å². The molecule has 1 aliphatic heterocycles. The van der Waals surface area contributed by atoms with E-state index in [1.807, 2.05) is 78.6 Å². The van der Waals surface area contributed by atoms with Crippen LogP contribution in [-0.4, -0.2) is 28.6 Å². The highest BCUT2D eigenvalue weighted by Gasteiger charge is 2.34. The molecule has 3 aromatic carbocycles. The zero-order valence-electron chi connectivity index (χ0n) is 17.9. The summed E-state index contributed by atoms with van der Waals surface area (Å²) < 4.78 is 8.14. The zero-order valence-corrected chi connectivity index (χ0v) is 18.6. The number of aryl methyl sites for hydroxylation is 1. The predicted molar refractivity (Wildman–Crippen MR) is 128 cm³/mol. The number of benzene rings is 3. The van der Waals surface area contributed by atoms with Gasteiger partial charge in [0.25, 0.3) is 0 Å². The Balaban J connectivity index is 1.39. The van der Waals surface area contributed by atoms with Crippen molar-refractivity contribution in [1.29, 1.82) is 0 Å². The molecule has 0 aliphatic carbocycles. The molecule has 0 saturated carbocycles. The molecule has 0 spiro atoms. The fourth-order valence-corrected chi connectivity index (χ4v) is 4.41. The van der Waals surface area contributed by atoms with E-state index in [-0.39, 0.29) is 11.8 Å². The first kappa shape index (κ1) is 20.6. The summed E-state index contributed by atoms with van der Waals surface area (Å²) in [6, 6.07) is 23.6. The number of halogens is 1. The van der Waals surface area contributed by atoms with Crippen molar-refractivity contribution < 1.29 is 9.53 Å². The number of ether oxygens (including phenoxy) is 1. The molecule has 1 saturated heterocycles. The lowest BCUT2D eigenvalue weighted by atomic mass is 10.1. The minimum absolute atomic E-state index is 0.0340. The molecule has 1 atom stereocenters. The van der Waals surface area contributed by atoms with E-state index in [9.17, 15) is 4.79 Å². The van der Waals surface area contributed by atoms with E-state index in [1.54, 1.807) is 0 Å². The first-order chi connectivity index (χ1) is 15.6. The Bertz CT molecular complexity index is 1250. The normalized spacial score (nSPS) is 16.1. The summed E-state index contributed by atoms with van der Waals surface area (Å²) in [4.78, 5) is 19.6. The van der Waals surface area contributed by atoms with Crippen LogP contribution in [-0.2, 0) is 11.3 Å². The van der Waals surface area contributed by atoms with Crippen molar-refractivity contribution in [2.75, 3.05) is 18.1 Å². The van der Waals surface area contributed by atoms with Crippen LogP contribution in [0.15, 0.2) is 72.8 Å². The van der Waals surface area contributed by atoms with Crippen molar-refractivity contribution in [1.82, 2.24) is 9.55 Å². The van der Waals surface area contributed by atoms with Crippen molar-refractivity contribution in [2.24, 2.45) is 0 Å². The van der Waals surface area contributed by atoms with Crippen molar-refractivity contribution in [2.45, 2.75) is 25.8 Å². The van der Waals surface area contributed by atoms with Gasteiger partial charge in [0.15, 0.2) is 0 Å². The maximum Gasteiger partial charge on any atom is 0.227 e. The molecule has 1 unspecified atom stereocenters. The van der Waals surface area contributed by atoms with Gasteiger partial charge in [-0.05, 0) is 55.5 Å². The fourth-order valence-electron chi connectivity index (χ4n) is 4.28. The number of nitrogens with zero attached hydrogens (tertiary/aromatic N) is 3. The third kappa shape index (κ3) is 4.08. The van der Waals surface area contributed by atoms with Gasteiger partial charge in [0.2, 0.25) is 5.91 Å². The van der Waals surface area contributed by atoms with Crippen molar-refractivity contribution in [3.8, 4) is 5.75 Å². The third-order valence-electron chi connectivity index (χ3n) is 5.92. The van der Waals surface area contributed by atoms with E-state index in [0.29, 0.717) is 31.1 Å². The second-order valence-corrected chi connectivity index (χ2v) is 8.59. The van der Waals surface area contributed by atoms with Crippen LogP contribution in [0.1, 0.15) is 23.7 Å². The average Bonchev–Trinajstić information content (AvgIpc) is 3.36. The number of hydrogen-bond donors (Lipinski definition) is 0. The number of fused-ring (bicyclic) bond motifs is 1. The topological polar surface area (TPSA) is 47.4 Å². The number of hydrogen-bond acceptors (Lipinski definition) is 3. The van der Waals surface area contributed by atoms with Crippen LogP contribution in [0, 0.1) is 6.92 Å². The molecule has 2 heterocycles. The Morgan fingerprint density at radius 1 is 1.03 bits per heavy atom. The molecular weight excluding hydrogens is 422 g/mol. The molecule has 1 aliphatic rings. The standard InChI is InChI=1S/C26H24ClN3O2/c1-18-6-10-21(11-7-18)30-17-19(16-25(30)31)26-28-23-4-2-3-5-24(23)29(26)14-15-32-22-12-8-20(27)9-13-22/h2-13,19H,14-17H2,1H3. The molecule has 5 nitrogen and oxygen atoms in total. The van der Waals surface area contributed by atoms with Gasteiger partial charge in [-0.3, -0.25) is 4.79 Å². The minimum Gasteiger partial charge on any atom is -0.492 e. The summed E-state index contributed by atoms with van der Waals surface area (Å²) in [7, 11) is 0. The maximum absolute atomic E-state index is 12.8. The highest BCUT2D eigenvalue weighted by atomic mass is 35.5. The molecule has 5 rings (SSSR count). The Kier molecular flexibility index (Phi) is 5.58. The van der Waals surface area contributed by atoms with Gasteiger partial charge in [-0.25, -0.2) is 4.98 Å². The second-order valence-electron chi connectivity index (χ2n) is 8.15. The highest BCUT2D eigenvalue weighted by molar-refractivity contribution is 6.30. The first-order valence-corrected chi connectivity index (χ1v) is 11.2. The molecule has 4 aromatic rings. The number of aromatic nitrogens is 2. The lowest BCUT2D eigenvalue weighted by Gasteiger charge is -2.18. The van der Waals surface area contributed by atoms with Crippen LogP contribution in [0.5, 0.6) is 5.75 Å². The van der Waals surface area contributed by atoms with Gasteiger partial charge in [0.1, 0.15) is 18.2 Å². The molecule has 1 aromatic heterocycles. The van der Waals surface area contributed by atoms with E-state index in [0.717, 1.165) is 28.3 Å². The molecule has 1 amide bonds. The van der Waals surface area contributed by atoms with E-state index < -0.39 is 0 Å². The van der Waals surface area contributed by atoms with Gasteiger partial charge in [-0.2, -0.15) is 0 Å². The first-order valence-electron chi connectivity index (χ1n) is 10.8. The summed E-state index contributed by atoms with van der Waals surface area (Å²) in [6.45, 7) is 3.82. The SMILES string of the molecule is Cc1ccc(N2CC(c3nc4ccccc4n3CCOc3ccc(Cl)cc3)CC2=O)cc1. The summed E-state index contributed by atoms with van der Waals surface area (Å²) in [5.41, 5.74) is 4.12. The number of amides is 1. The van der Waals surface area contributed by atoms with Crippen LogP contribution < -0.4 is 9.64 Å². The van der Waals surface area contributed by atoms with Gasteiger partial charge in [0, 0.05) is 29.6 Å². The number of anilines is 1. The van der Waals surface area contributed by atoms with Crippen LogP contribution in [0.2, 0.25) is 5.02 Å². The molecular formula is C26H24ClN3O2. The molecule has 0 N–H and O–H groups in total. The van der Waals surface area contributed by atoms with Crippen LogP contribution in [0.3, 0.4) is 0 Å². The van der Waals surface area contributed by atoms with Crippen molar-refractivity contribution in [3.63, 3.8) is 0 Å². The smallest absolute Gasteiger partial charge is 0.227 e. The number of imidazole rings is 1. The zero-order chi connectivity index (χ0) is 22.1. The quantitative estimate of drug-likeness (QED) is 0.388. The highest BCUT2D eigenvalue weighted by Crippen LogP contribution is 2.33. The van der Waals surface area contributed by atoms with Crippen molar-refractivity contribution in [3.05, 3.63) is 89.2 Å². The molecule has 32 heavy (non-hydrogen) atoms. The molecule has 0 bridgehead atoms. The summed E-state index contributed by atoms with van der Waals surface area (Å²) in [6.07, 6.45) is 0.454. The predicted octanol–water partition coefficient (Wildman–Crippen LogP) is 5.60. The van der Waals surface area contributed by atoms with Gasteiger partial charge in [-0.1, -0.05) is 41.4 Å². The van der Waals surface area contributed by atoms with Gasteiger partial charge < -0.3 is 14.2 Å². The Hall–Kier alpha value is -3.31. The number of para-hydroxylation sites is 2. The largest absolute Gasteiger partial charge is 0.492 e. The van der Waals surface area contributed by atoms with E-state index >= 15 is 0 Å². The number of carbonyl (C=O) groups excluding carboxylic acids is 1. The number of rotatable bonds is 6. The van der Waals surface area contributed by atoms with E-state index in [1.165, 1.54) is 5.56 Å². The molecule has 1 fully saturated rings. The summed E-state index contributed by atoms with van der Waals surface area (Å²) >= 11 is 5.96. The Labute approximate surface area is 192 Å². The Morgan fingerprint density at radius 3 is 2.56 bits per heavy atom. The van der Waals surface area contributed by atoms with E-state index in [2.05, 4.69) is 10.6 Å². The molecule has 6 heteroatoms.